The summed E-state index contributed by atoms with van der Waals surface area (Å²) in [7, 11) is 0. The van der Waals surface area contributed by atoms with Crippen molar-refractivity contribution in [1.82, 2.24) is 0 Å². The molecule has 2 atom stereocenters. The lowest BCUT2D eigenvalue weighted by atomic mass is 9.78. The molecule has 2 aliphatic carbocycles. The molecular formula is C13H24. The van der Waals surface area contributed by atoms with Crippen molar-refractivity contribution in [3.8, 4) is 0 Å². The van der Waals surface area contributed by atoms with Gasteiger partial charge < -0.3 is 0 Å². The van der Waals surface area contributed by atoms with Gasteiger partial charge in [0.15, 0.2) is 0 Å². The monoisotopic (exact) mass is 180 g/mol. The average Bonchev–Trinajstić information content (AvgIpc) is 2.83. The molecule has 2 saturated carbocycles. The van der Waals surface area contributed by atoms with Crippen molar-refractivity contribution in [3.63, 3.8) is 0 Å². The summed E-state index contributed by atoms with van der Waals surface area (Å²) in [6, 6.07) is 0. The van der Waals surface area contributed by atoms with Crippen LogP contribution in [0.5, 0.6) is 0 Å². The van der Waals surface area contributed by atoms with Crippen LogP contribution in [0.25, 0.3) is 0 Å². The summed E-state index contributed by atoms with van der Waals surface area (Å²) >= 11 is 0. The number of hydrogen-bond acceptors (Lipinski definition) is 0. The van der Waals surface area contributed by atoms with Gasteiger partial charge in [0.05, 0.1) is 0 Å². The molecule has 0 amide bonds. The highest BCUT2D eigenvalue weighted by Crippen LogP contribution is 2.46. The average molecular weight is 180 g/mol. The molecule has 0 spiro atoms. The van der Waals surface area contributed by atoms with E-state index >= 15 is 0 Å². The van der Waals surface area contributed by atoms with E-state index < -0.39 is 0 Å². The van der Waals surface area contributed by atoms with Crippen LogP contribution in [0.15, 0.2) is 0 Å². The lowest BCUT2D eigenvalue weighted by Gasteiger charge is -2.27. The van der Waals surface area contributed by atoms with Gasteiger partial charge in [0.2, 0.25) is 0 Å². The summed E-state index contributed by atoms with van der Waals surface area (Å²) in [6.45, 7) is 4.93. The Balaban J connectivity index is 1.88. The molecule has 0 heterocycles. The lowest BCUT2D eigenvalue weighted by Crippen LogP contribution is -2.20. The van der Waals surface area contributed by atoms with Gasteiger partial charge in [-0.15, -0.1) is 0 Å². The second-order valence-electron chi connectivity index (χ2n) is 5.31. The Kier molecular flexibility index (Phi) is 2.96. The fraction of sp³-hybridized carbons (Fsp3) is 1.00. The third-order valence-corrected chi connectivity index (χ3v) is 4.52. The standard InChI is InChI=1S/C13H24/c1-3-13(12-8-9-12)10(2)11-6-4-5-7-11/h10-13H,3-9H2,1-2H3. The smallest absolute Gasteiger partial charge is 0.0360 e. The van der Waals surface area contributed by atoms with E-state index in [1.807, 2.05) is 0 Å². The normalized spacial score (nSPS) is 29.1. The predicted octanol–water partition coefficient (Wildman–Crippen LogP) is 4.25. The summed E-state index contributed by atoms with van der Waals surface area (Å²) in [5.41, 5.74) is 0. The molecule has 0 bridgehead atoms. The van der Waals surface area contributed by atoms with Gasteiger partial charge in [0.25, 0.3) is 0 Å². The Hall–Kier alpha value is 0. The molecule has 0 heteroatoms. The van der Waals surface area contributed by atoms with Crippen molar-refractivity contribution in [1.29, 1.82) is 0 Å². The fourth-order valence-corrected chi connectivity index (χ4v) is 3.49. The Morgan fingerprint density at radius 1 is 1.00 bits per heavy atom. The molecule has 0 N–H and O–H groups in total. The van der Waals surface area contributed by atoms with Crippen LogP contribution >= 0.6 is 0 Å². The van der Waals surface area contributed by atoms with Gasteiger partial charge in [0.1, 0.15) is 0 Å². The molecule has 0 aromatic carbocycles. The first-order valence-electron chi connectivity index (χ1n) is 6.33. The van der Waals surface area contributed by atoms with Crippen molar-refractivity contribution in [2.45, 2.75) is 58.8 Å². The van der Waals surface area contributed by atoms with E-state index in [9.17, 15) is 0 Å². The molecular weight excluding hydrogens is 156 g/mol. The molecule has 0 radical (unpaired) electrons. The van der Waals surface area contributed by atoms with E-state index in [0.717, 1.165) is 23.7 Å². The summed E-state index contributed by atoms with van der Waals surface area (Å²) in [5.74, 6) is 4.31. The summed E-state index contributed by atoms with van der Waals surface area (Å²) in [4.78, 5) is 0. The summed E-state index contributed by atoms with van der Waals surface area (Å²) < 4.78 is 0. The lowest BCUT2D eigenvalue weighted by molar-refractivity contribution is 0.218. The molecule has 0 saturated heterocycles. The topological polar surface area (TPSA) is 0 Å². The summed E-state index contributed by atoms with van der Waals surface area (Å²) in [5, 5.41) is 0. The minimum Gasteiger partial charge on any atom is -0.0651 e. The van der Waals surface area contributed by atoms with Crippen molar-refractivity contribution in [2.24, 2.45) is 23.7 Å². The Bertz CT molecular complexity index is 151. The zero-order chi connectivity index (χ0) is 9.26. The number of rotatable bonds is 4. The Morgan fingerprint density at radius 3 is 2.08 bits per heavy atom. The van der Waals surface area contributed by atoms with Gasteiger partial charge >= 0.3 is 0 Å². The molecule has 0 aliphatic heterocycles. The van der Waals surface area contributed by atoms with Gasteiger partial charge in [0, 0.05) is 0 Å². The van der Waals surface area contributed by atoms with Crippen LogP contribution in [0.4, 0.5) is 0 Å². The first-order chi connectivity index (χ1) is 6.33. The van der Waals surface area contributed by atoms with Crippen LogP contribution in [0.3, 0.4) is 0 Å². The number of hydrogen-bond donors (Lipinski definition) is 0. The van der Waals surface area contributed by atoms with Crippen LogP contribution in [-0.4, -0.2) is 0 Å². The molecule has 0 aromatic rings. The molecule has 0 nitrogen and oxygen atoms in total. The molecule has 2 fully saturated rings. The first-order valence-corrected chi connectivity index (χ1v) is 6.33. The first kappa shape index (κ1) is 9.55. The molecule has 76 valence electrons. The van der Waals surface area contributed by atoms with Crippen molar-refractivity contribution >= 4 is 0 Å². The molecule has 0 aromatic heterocycles. The third kappa shape index (κ3) is 2.08. The van der Waals surface area contributed by atoms with Crippen LogP contribution in [0.1, 0.15) is 58.8 Å². The van der Waals surface area contributed by atoms with E-state index in [1.54, 1.807) is 0 Å². The quantitative estimate of drug-likeness (QED) is 0.606. The maximum Gasteiger partial charge on any atom is -0.0360 e. The van der Waals surface area contributed by atoms with Gasteiger partial charge in [-0.3, -0.25) is 0 Å². The molecule has 2 unspecified atom stereocenters. The van der Waals surface area contributed by atoms with Crippen LogP contribution < -0.4 is 0 Å². The van der Waals surface area contributed by atoms with Crippen molar-refractivity contribution in [2.75, 3.05) is 0 Å². The highest BCUT2D eigenvalue weighted by atomic mass is 14.4. The predicted molar refractivity (Wildman–Crippen MR) is 57.6 cm³/mol. The van der Waals surface area contributed by atoms with Crippen molar-refractivity contribution < 1.29 is 0 Å². The van der Waals surface area contributed by atoms with Crippen LogP contribution in [0, 0.1) is 23.7 Å². The Labute approximate surface area is 83.1 Å². The van der Waals surface area contributed by atoms with E-state index in [4.69, 9.17) is 0 Å². The van der Waals surface area contributed by atoms with E-state index in [2.05, 4.69) is 13.8 Å². The second kappa shape index (κ2) is 4.02. The Morgan fingerprint density at radius 2 is 1.62 bits per heavy atom. The fourth-order valence-electron chi connectivity index (χ4n) is 3.49. The highest BCUT2D eigenvalue weighted by molar-refractivity contribution is 4.87. The SMILES string of the molecule is CCC(C1CC1)C(C)C1CCCC1. The highest BCUT2D eigenvalue weighted by Gasteiger charge is 2.36. The van der Waals surface area contributed by atoms with Gasteiger partial charge in [-0.1, -0.05) is 46.0 Å². The molecule has 2 rings (SSSR count). The second-order valence-corrected chi connectivity index (χ2v) is 5.31. The largest absolute Gasteiger partial charge is 0.0651 e. The van der Waals surface area contributed by atoms with Crippen molar-refractivity contribution in [3.05, 3.63) is 0 Å². The van der Waals surface area contributed by atoms with E-state index in [-0.39, 0.29) is 0 Å². The van der Waals surface area contributed by atoms with Crippen LogP contribution in [-0.2, 0) is 0 Å². The van der Waals surface area contributed by atoms with Gasteiger partial charge in [-0.05, 0) is 36.5 Å². The van der Waals surface area contributed by atoms with E-state index in [0.29, 0.717) is 0 Å². The maximum absolute atomic E-state index is 2.53. The summed E-state index contributed by atoms with van der Waals surface area (Å²) in [6.07, 6.45) is 10.6. The zero-order valence-corrected chi connectivity index (χ0v) is 9.26. The third-order valence-electron chi connectivity index (χ3n) is 4.52. The molecule has 2 aliphatic rings. The maximum atomic E-state index is 2.53. The zero-order valence-electron chi connectivity index (χ0n) is 9.26. The minimum atomic E-state index is 1.03. The van der Waals surface area contributed by atoms with E-state index in [1.165, 1.54) is 44.9 Å². The minimum absolute atomic E-state index is 1.03. The molecule has 13 heavy (non-hydrogen) atoms. The van der Waals surface area contributed by atoms with Gasteiger partial charge in [-0.25, -0.2) is 0 Å². The van der Waals surface area contributed by atoms with Crippen LogP contribution in [0.2, 0.25) is 0 Å². The van der Waals surface area contributed by atoms with Gasteiger partial charge in [-0.2, -0.15) is 0 Å².